The molecule has 0 aliphatic rings. The average molecular weight is 408 g/mol. The Hall–Kier alpha value is 1.12. The summed E-state index contributed by atoms with van der Waals surface area (Å²) in [5.41, 5.74) is 0. The van der Waals surface area contributed by atoms with Crippen LogP contribution in [0.15, 0.2) is 0 Å². The largest absolute Gasteiger partial charge is 3.00 e. The second-order valence-corrected chi connectivity index (χ2v) is 3.15. The summed E-state index contributed by atoms with van der Waals surface area (Å²) in [6, 6.07) is 0. The Kier molecular flexibility index (Phi) is 54.3. The van der Waals surface area contributed by atoms with E-state index in [9.17, 15) is 15.3 Å². The zero-order valence-corrected chi connectivity index (χ0v) is 16.1. The molecule has 0 saturated heterocycles. The molecular formula is C12H27O6Pr. The van der Waals surface area contributed by atoms with Crippen LogP contribution in [-0.2, 0) is 14.2 Å². The number of methoxy groups -OCH3 is 3. The first kappa shape index (κ1) is 28.3. The third-order valence-electron chi connectivity index (χ3n) is 1.48. The summed E-state index contributed by atoms with van der Waals surface area (Å²) in [5.74, 6) is 0. The van der Waals surface area contributed by atoms with Crippen LogP contribution >= 0.6 is 0 Å². The smallest absolute Gasteiger partial charge is 0.854 e. The maximum absolute atomic E-state index is 9.61. The first-order chi connectivity index (χ1) is 8.74. The Morgan fingerprint density at radius 1 is 0.579 bits per heavy atom. The van der Waals surface area contributed by atoms with Crippen LogP contribution in [0.4, 0.5) is 0 Å². The van der Waals surface area contributed by atoms with Crippen molar-refractivity contribution in [1.29, 1.82) is 0 Å². The fourth-order valence-corrected chi connectivity index (χ4v) is 0.610. The molecule has 0 saturated carbocycles. The molecule has 0 rings (SSSR count). The summed E-state index contributed by atoms with van der Waals surface area (Å²) in [5, 5.41) is 28.8. The van der Waals surface area contributed by atoms with Gasteiger partial charge in [-0.3, -0.25) is 0 Å². The van der Waals surface area contributed by atoms with Gasteiger partial charge in [0.25, 0.3) is 0 Å². The zero-order chi connectivity index (χ0) is 14.5. The van der Waals surface area contributed by atoms with Gasteiger partial charge in [-0.25, -0.2) is 0 Å². The van der Waals surface area contributed by atoms with Crippen LogP contribution in [-0.4, -0.2) is 61.0 Å². The summed E-state index contributed by atoms with van der Waals surface area (Å²) in [6.07, 6.45) is 1.91. The van der Waals surface area contributed by atoms with Crippen molar-refractivity contribution in [1.82, 2.24) is 0 Å². The van der Waals surface area contributed by atoms with Gasteiger partial charge in [-0.1, -0.05) is 0 Å². The SMILES string of the molecule is COCCC[O-].COCCC[O-].COCCC[O-].[Pr+3]. The van der Waals surface area contributed by atoms with Crippen molar-refractivity contribution in [3.05, 3.63) is 0 Å². The van der Waals surface area contributed by atoms with Crippen LogP contribution in [0, 0.1) is 41.3 Å². The number of hydrogen-bond acceptors (Lipinski definition) is 6. The molecule has 0 unspecified atom stereocenters. The Bertz CT molecular complexity index is 77.2. The number of ether oxygens (including phenoxy) is 3. The molecule has 0 amide bonds. The maximum atomic E-state index is 9.61. The van der Waals surface area contributed by atoms with Gasteiger partial charge in [0.2, 0.25) is 0 Å². The van der Waals surface area contributed by atoms with E-state index in [1.165, 1.54) is 0 Å². The molecule has 0 fully saturated rings. The summed E-state index contributed by atoms with van der Waals surface area (Å²) >= 11 is 0. The minimum atomic E-state index is -0.0200. The summed E-state index contributed by atoms with van der Waals surface area (Å²) in [6.45, 7) is 1.74. The van der Waals surface area contributed by atoms with Gasteiger partial charge in [-0.05, 0) is 19.3 Å². The molecule has 0 aliphatic carbocycles. The number of hydrogen-bond donors (Lipinski definition) is 0. The van der Waals surface area contributed by atoms with E-state index >= 15 is 0 Å². The van der Waals surface area contributed by atoms with Crippen molar-refractivity contribution in [3.8, 4) is 0 Å². The summed E-state index contributed by atoms with van der Waals surface area (Å²) in [4.78, 5) is 0. The van der Waals surface area contributed by atoms with Gasteiger partial charge in [0, 0.05) is 41.2 Å². The molecule has 0 radical (unpaired) electrons. The molecule has 0 heterocycles. The van der Waals surface area contributed by atoms with Gasteiger partial charge < -0.3 is 29.5 Å². The van der Waals surface area contributed by atoms with Crippen molar-refractivity contribution in [2.24, 2.45) is 0 Å². The van der Waals surface area contributed by atoms with Crippen molar-refractivity contribution in [2.45, 2.75) is 19.3 Å². The molecule has 114 valence electrons. The average Bonchev–Trinajstić information content (AvgIpc) is 2.42. The van der Waals surface area contributed by atoms with Gasteiger partial charge in [-0.15, -0.1) is 19.8 Å². The molecule has 0 aliphatic heterocycles. The topological polar surface area (TPSA) is 96.9 Å². The molecular weight excluding hydrogens is 381 g/mol. The Labute approximate surface area is 150 Å². The standard InChI is InChI=1S/3C4H9O2.Pr/c3*1-6-4-2-3-5;/h3*2-4H2,1H3;/q3*-1;+3. The normalized spacial score (nSPS) is 8.53. The van der Waals surface area contributed by atoms with E-state index < -0.39 is 0 Å². The fourth-order valence-electron chi connectivity index (χ4n) is 0.610. The van der Waals surface area contributed by atoms with E-state index in [-0.39, 0.29) is 61.1 Å². The summed E-state index contributed by atoms with van der Waals surface area (Å²) < 4.78 is 13.7. The molecule has 0 atom stereocenters. The molecule has 0 bridgehead atoms. The van der Waals surface area contributed by atoms with Crippen molar-refractivity contribution >= 4 is 0 Å². The molecule has 6 nitrogen and oxygen atoms in total. The Morgan fingerprint density at radius 3 is 0.842 bits per heavy atom. The second kappa shape index (κ2) is 36.5. The van der Waals surface area contributed by atoms with Gasteiger partial charge in [0.15, 0.2) is 0 Å². The van der Waals surface area contributed by atoms with Crippen molar-refractivity contribution in [3.63, 3.8) is 0 Å². The van der Waals surface area contributed by atoms with Crippen LogP contribution in [0.5, 0.6) is 0 Å². The first-order valence-corrected chi connectivity index (χ1v) is 5.96. The molecule has 7 heteroatoms. The molecule has 0 aromatic heterocycles. The molecule has 0 aromatic carbocycles. The second-order valence-electron chi connectivity index (χ2n) is 3.15. The predicted molar refractivity (Wildman–Crippen MR) is 64.1 cm³/mol. The van der Waals surface area contributed by atoms with E-state index in [2.05, 4.69) is 14.2 Å². The van der Waals surface area contributed by atoms with E-state index in [0.717, 1.165) is 0 Å². The van der Waals surface area contributed by atoms with E-state index in [1.54, 1.807) is 21.3 Å². The third-order valence-corrected chi connectivity index (χ3v) is 1.48. The molecule has 0 aromatic rings. The van der Waals surface area contributed by atoms with Gasteiger partial charge >= 0.3 is 41.3 Å². The van der Waals surface area contributed by atoms with E-state index in [1.807, 2.05) is 0 Å². The van der Waals surface area contributed by atoms with Crippen LogP contribution in [0.2, 0.25) is 0 Å². The fraction of sp³-hybridized carbons (Fsp3) is 1.00. The summed E-state index contributed by atoms with van der Waals surface area (Å²) in [7, 11) is 4.78. The molecule has 0 spiro atoms. The number of rotatable bonds is 9. The third kappa shape index (κ3) is 54.7. The van der Waals surface area contributed by atoms with Crippen molar-refractivity contribution < 1.29 is 70.8 Å². The van der Waals surface area contributed by atoms with E-state index in [4.69, 9.17) is 0 Å². The van der Waals surface area contributed by atoms with Crippen LogP contribution in [0.25, 0.3) is 0 Å². The van der Waals surface area contributed by atoms with Crippen LogP contribution in [0.1, 0.15) is 19.3 Å². The maximum Gasteiger partial charge on any atom is 3.00 e. The van der Waals surface area contributed by atoms with Crippen molar-refractivity contribution in [2.75, 3.05) is 61.0 Å². The quantitative estimate of drug-likeness (QED) is 0.416. The van der Waals surface area contributed by atoms with E-state index in [0.29, 0.717) is 39.1 Å². The van der Waals surface area contributed by atoms with Crippen LogP contribution < -0.4 is 15.3 Å². The monoisotopic (exact) mass is 408 g/mol. The van der Waals surface area contributed by atoms with Gasteiger partial charge in [0.05, 0.1) is 0 Å². The van der Waals surface area contributed by atoms with Gasteiger partial charge in [0.1, 0.15) is 0 Å². The predicted octanol–water partition coefficient (Wildman–Crippen LogP) is -1.85. The molecule has 19 heavy (non-hydrogen) atoms. The molecule has 0 N–H and O–H groups in total. The Morgan fingerprint density at radius 2 is 0.789 bits per heavy atom. The minimum absolute atomic E-state index is 0. The zero-order valence-electron chi connectivity index (χ0n) is 12.4. The van der Waals surface area contributed by atoms with Gasteiger partial charge in [-0.2, -0.15) is 0 Å². The first-order valence-electron chi connectivity index (χ1n) is 5.96. The Balaban J connectivity index is -0.0000000865. The minimum Gasteiger partial charge on any atom is -0.854 e. The van der Waals surface area contributed by atoms with Crippen LogP contribution in [0.3, 0.4) is 0 Å².